The van der Waals surface area contributed by atoms with Crippen LogP contribution in [0.2, 0.25) is 0 Å². The lowest BCUT2D eigenvalue weighted by molar-refractivity contribution is 0.421. The summed E-state index contributed by atoms with van der Waals surface area (Å²) in [4.78, 5) is 4.87. The van der Waals surface area contributed by atoms with Crippen LogP contribution in [0.1, 0.15) is 79.0 Å². The number of nitrogens with zero attached hydrogens (tertiary/aromatic N) is 4. The molecular weight excluding hydrogens is 649 g/mol. The van der Waals surface area contributed by atoms with Gasteiger partial charge in [0, 0.05) is 59.4 Å². The Morgan fingerprint density at radius 1 is 0.509 bits per heavy atom. The minimum absolute atomic E-state index is 0.00819. The number of aromatic nitrogens is 2. The molecule has 266 valence electrons. The molecule has 0 radical (unpaired) electrons. The van der Waals surface area contributed by atoms with Crippen molar-refractivity contribution in [3.05, 3.63) is 151 Å². The predicted molar refractivity (Wildman–Crippen MR) is 221 cm³/mol. The second kappa shape index (κ2) is 11.1. The van der Waals surface area contributed by atoms with E-state index in [-0.39, 0.29) is 16.2 Å². The number of pyridine rings is 1. The SMILES string of the molecule is CC(C)(C)c1cccc([N@+]23[CH-][N+]2(c2cccc(Oc4ccc5c6ccccc6n(-c6cc(C(C)(C)C)ccn6)c5c4)c2)c2ccc(C(C)(C)C)cc23)c1. The number of ether oxygens (including phenoxy) is 1. The summed E-state index contributed by atoms with van der Waals surface area (Å²) in [6.45, 7) is 22.9. The van der Waals surface area contributed by atoms with Crippen LogP contribution in [0.15, 0.2) is 128 Å². The highest BCUT2D eigenvalue weighted by Crippen LogP contribution is 2.75. The summed E-state index contributed by atoms with van der Waals surface area (Å²) in [6.07, 6.45) is 1.93. The molecule has 9 rings (SSSR count). The summed E-state index contributed by atoms with van der Waals surface area (Å²) < 4.78 is 10.3. The van der Waals surface area contributed by atoms with Gasteiger partial charge in [0.1, 0.15) is 17.3 Å². The maximum Gasteiger partial charge on any atom is 0.225 e. The van der Waals surface area contributed by atoms with E-state index in [2.05, 4.69) is 195 Å². The van der Waals surface area contributed by atoms with Crippen LogP contribution in [0.25, 0.3) is 27.6 Å². The van der Waals surface area contributed by atoms with Crippen LogP contribution < -0.4 is 13.9 Å². The average molecular weight is 698 g/mol. The molecule has 4 heterocycles. The Morgan fingerprint density at radius 2 is 1.13 bits per heavy atom. The third kappa shape index (κ3) is 5.01. The maximum absolute atomic E-state index is 6.76. The van der Waals surface area contributed by atoms with Crippen molar-refractivity contribution in [1.29, 1.82) is 0 Å². The van der Waals surface area contributed by atoms with E-state index < -0.39 is 0 Å². The fourth-order valence-electron chi connectivity index (χ4n) is 8.31. The Bertz CT molecular complexity index is 2590. The van der Waals surface area contributed by atoms with E-state index in [1.165, 1.54) is 50.2 Å². The van der Waals surface area contributed by atoms with Gasteiger partial charge in [-0.05, 0) is 69.3 Å². The molecule has 2 aliphatic rings. The minimum Gasteiger partial charge on any atom is -0.457 e. The first-order valence-electron chi connectivity index (χ1n) is 18.8. The standard InChI is InChI=1S/C48H49N4O/c1-46(2,3)32-14-12-15-35(26-32)52-31-51(52,43-23-20-33(27-44(43)52)47(4,5)6)36-16-13-17-37(29-36)53-38-21-22-40-39-18-10-11-19-41(39)50(42(40)30-38)45-28-34(24-25-49-45)48(7,8)9/h10-31H,1-9H3/q+1/t51?,52-/m0/s1. The Hall–Kier alpha value is -5.23. The van der Waals surface area contributed by atoms with Crippen LogP contribution in [-0.4, -0.2) is 9.55 Å². The van der Waals surface area contributed by atoms with Crippen LogP contribution in [0, 0.1) is 6.67 Å². The van der Waals surface area contributed by atoms with Crippen LogP contribution >= 0.6 is 0 Å². The smallest absolute Gasteiger partial charge is 0.225 e. The first-order chi connectivity index (χ1) is 25.1. The van der Waals surface area contributed by atoms with Crippen LogP contribution in [0.4, 0.5) is 22.7 Å². The van der Waals surface area contributed by atoms with Gasteiger partial charge in [0.2, 0.25) is 11.4 Å². The van der Waals surface area contributed by atoms with Gasteiger partial charge in [-0.3, -0.25) is 4.57 Å². The molecule has 5 nitrogen and oxygen atoms in total. The highest BCUT2D eigenvalue weighted by molar-refractivity contribution is 6.09. The van der Waals surface area contributed by atoms with Crippen molar-refractivity contribution in [2.24, 2.45) is 0 Å². The Labute approximate surface area is 313 Å². The molecule has 0 aliphatic carbocycles. The van der Waals surface area contributed by atoms with Gasteiger partial charge in [0.25, 0.3) is 0 Å². The third-order valence-electron chi connectivity index (χ3n) is 11.4. The van der Waals surface area contributed by atoms with E-state index >= 15 is 0 Å². The van der Waals surface area contributed by atoms with Gasteiger partial charge in [0.15, 0.2) is 18.0 Å². The van der Waals surface area contributed by atoms with Crippen molar-refractivity contribution in [3.63, 3.8) is 0 Å². The molecule has 53 heavy (non-hydrogen) atoms. The maximum atomic E-state index is 6.76. The number of rotatable bonds is 5. The monoisotopic (exact) mass is 697 g/mol. The Kier molecular flexibility index (Phi) is 7.06. The summed E-state index contributed by atoms with van der Waals surface area (Å²) in [5.74, 6) is 2.51. The molecule has 0 amide bonds. The molecular formula is C48H49N4O+. The van der Waals surface area contributed by atoms with Gasteiger partial charge in [0.05, 0.1) is 11.0 Å². The van der Waals surface area contributed by atoms with E-state index in [1.807, 2.05) is 6.20 Å². The van der Waals surface area contributed by atoms with E-state index in [1.54, 1.807) is 0 Å². The molecule has 2 aromatic heterocycles. The lowest BCUT2D eigenvalue weighted by Crippen LogP contribution is -2.46. The Morgan fingerprint density at radius 3 is 1.89 bits per heavy atom. The van der Waals surface area contributed by atoms with E-state index in [4.69, 9.17) is 9.72 Å². The normalized spacial score (nSPS) is 19.5. The first-order valence-corrected chi connectivity index (χ1v) is 18.8. The van der Waals surface area contributed by atoms with Crippen LogP contribution in [-0.2, 0) is 16.2 Å². The van der Waals surface area contributed by atoms with Crippen molar-refractivity contribution in [1.82, 2.24) is 18.7 Å². The lowest BCUT2D eigenvalue weighted by Gasteiger charge is -2.41. The van der Waals surface area contributed by atoms with E-state index in [0.717, 1.165) is 28.4 Å². The highest BCUT2D eigenvalue weighted by atomic mass is 16.5. The van der Waals surface area contributed by atoms with Gasteiger partial charge in [-0.1, -0.05) is 105 Å². The number of benzene rings is 5. The molecule has 0 N–H and O–H groups in total. The zero-order valence-corrected chi connectivity index (χ0v) is 32.4. The van der Waals surface area contributed by atoms with Crippen molar-refractivity contribution in [3.8, 4) is 17.3 Å². The molecule has 2 aliphatic heterocycles. The number of quaternary nitrogens is 2. The quantitative estimate of drug-likeness (QED) is 0.102. The molecule has 1 saturated heterocycles. The molecule has 0 saturated carbocycles. The first kappa shape index (κ1) is 33.6. The zero-order valence-electron chi connectivity index (χ0n) is 32.4. The van der Waals surface area contributed by atoms with Crippen LogP contribution in [0.5, 0.6) is 11.5 Å². The molecule has 7 aromatic rings. The van der Waals surface area contributed by atoms with Gasteiger partial charge in [-0.2, -0.15) is 9.18 Å². The van der Waals surface area contributed by atoms with Crippen molar-refractivity contribution in [2.75, 3.05) is 0 Å². The molecule has 5 heteroatoms. The number of hydrogen-bond acceptors (Lipinski definition) is 2. The molecule has 1 fully saturated rings. The number of para-hydroxylation sites is 1. The van der Waals surface area contributed by atoms with E-state index in [9.17, 15) is 0 Å². The number of fused-ring (bicyclic) bond motifs is 7. The summed E-state index contributed by atoms with van der Waals surface area (Å²) in [5, 5.41) is 2.37. The largest absolute Gasteiger partial charge is 0.457 e. The Balaban J connectivity index is 1.13. The topological polar surface area (TPSA) is 27.1 Å². The predicted octanol–water partition coefficient (Wildman–Crippen LogP) is 13.2. The number of hydrogen-bond donors (Lipinski definition) is 0. The molecule has 1 unspecified atom stereocenters. The highest BCUT2D eigenvalue weighted by Gasteiger charge is 2.78. The van der Waals surface area contributed by atoms with Crippen LogP contribution in [0.3, 0.4) is 0 Å². The van der Waals surface area contributed by atoms with Gasteiger partial charge < -0.3 is 4.74 Å². The minimum atomic E-state index is 0.00819. The fourth-order valence-corrected chi connectivity index (χ4v) is 8.31. The molecule has 5 aromatic carbocycles. The van der Waals surface area contributed by atoms with Crippen molar-refractivity contribution >= 4 is 44.6 Å². The molecule has 2 atom stereocenters. The van der Waals surface area contributed by atoms with Gasteiger partial charge in [-0.15, -0.1) is 0 Å². The second-order valence-corrected chi connectivity index (χ2v) is 18.0. The second-order valence-electron chi connectivity index (χ2n) is 18.0. The van der Waals surface area contributed by atoms with Gasteiger partial charge in [-0.25, -0.2) is 4.98 Å². The van der Waals surface area contributed by atoms with Gasteiger partial charge >= 0.3 is 0 Å². The van der Waals surface area contributed by atoms with E-state index in [0.29, 0.717) is 9.18 Å². The lowest BCUT2D eigenvalue weighted by atomic mass is 9.85. The van der Waals surface area contributed by atoms with Crippen molar-refractivity contribution < 1.29 is 4.74 Å². The summed E-state index contributed by atoms with van der Waals surface area (Å²) in [7, 11) is 0. The van der Waals surface area contributed by atoms with Crippen molar-refractivity contribution in [2.45, 2.75) is 78.6 Å². The zero-order chi connectivity index (χ0) is 37.1. The summed E-state index contributed by atoms with van der Waals surface area (Å²) >= 11 is 0. The summed E-state index contributed by atoms with van der Waals surface area (Å²) in [5.41, 5.74) is 11.4. The molecule has 0 spiro atoms. The average Bonchev–Trinajstić information content (AvgIpc) is 3.61. The third-order valence-corrected chi connectivity index (χ3v) is 11.4. The molecule has 0 bridgehead atoms. The fraction of sp³-hybridized carbons (Fsp3) is 0.250. The summed E-state index contributed by atoms with van der Waals surface area (Å²) in [6, 6.07) is 44.3.